The maximum atomic E-state index is 13.6. The summed E-state index contributed by atoms with van der Waals surface area (Å²) in [6.07, 6.45) is 0. The second-order valence-corrected chi connectivity index (χ2v) is 3.60. The Labute approximate surface area is 113 Å². The zero-order valence-corrected chi connectivity index (χ0v) is 11.0. The van der Waals surface area contributed by atoms with Gasteiger partial charge in [-0.1, -0.05) is 0 Å². The third-order valence-corrected chi connectivity index (χ3v) is 2.25. The summed E-state index contributed by atoms with van der Waals surface area (Å²) in [6, 6.07) is 0. The Kier molecular flexibility index (Phi) is 6.53. The number of rotatable bonds is 8. The lowest BCUT2D eigenvalue weighted by atomic mass is 10.2. The Balaban J connectivity index is 3.00. The highest BCUT2D eigenvalue weighted by Gasteiger charge is 2.27. The monoisotopic (exact) mass is 298 g/mol. The van der Waals surface area contributed by atoms with Gasteiger partial charge in [-0.3, -0.25) is 0 Å². The quantitative estimate of drug-likeness (QED) is 0.419. The van der Waals surface area contributed by atoms with Crippen LogP contribution in [0.25, 0.3) is 0 Å². The summed E-state index contributed by atoms with van der Waals surface area (Å²) in [5.41, 5.74) is 0. The SMILES string of the molecule is COCCOc1c(F)c(F)c(OCCOC)c(F)c1F. The number of ether oxygens (including phenoxy) is 4. The van der Waals surface area contributed by atoms with Crippen LogP contribution in [-0.4, -0.2) is 40.6 Å². The van der Waals surface area contributed by atoms with Crippen molar-refractivity contribution in [2.75, 3.05) is 40.6 Å². The zero-order chi connectivity index (χ0) is 15.1. The first-order valence-corrected chi connectivity index (χ1v) is 5.64. The molecule has 0 amide bonds. The highest BCUT2D eigenvalue weighted by molar-refractivity contribution is 5.38. The van der Waals surface area contributed by atoms with Gasteiger partial charge in [-0.2, -0.15) is 17.6 Å². The van der Waals surface area contributed by atoms with Crippen molar-refractivity contribution >= 4 is 0 Å². The van der Waals surface area contributed by atoms with Gasteiger partial charge in [-0.25, -0.2) is 0 Å². The van der Waals surface area contributed by atoms with Crippen LogP contribution in [-0.2, 0) is 9.47 Å². The summed E-state index contributed by atoms with van der Waals surface area (Å²) >= 11 is 0. The molecule has 0 saturated heterocycles. The average molecular weight is 298 g/mol. The van der Waals surface area contributed by atoms with Gasteiger partial charge in [-0.15, -0.1) is 0 Å². The van der Waals surface area contributed by atoms with Crippen LogP contribution in [0.3, 0.4) is 0 Å². The van der Waals surface area contributed by atoms with Gasteiger partial charge < -0.3 is 18.9 Å². The number of hydrogen-bond acceptors (Lipinski definition) is 4. The molecule has 1 aromatic rings. The molecule has 0 saturated carbocycles. The summed E-state index contributed by atoms with van der Waals surface area (Å²) in [6.45, 7) is -0.497. The van der Waals surface area contributed by atoms with Crippen molar-refractivity contribution in [3.8, 4) is 11.5 Å². The standard InChI is InChI=1S/C12H14F4O4/c1-17-3-5-19-11-7(13)9(15)12(10(16)8(11)14)20-6-4-18-2/h3-6H2,1-2H3. The molecule has 0 aliphatic heterocycles. The van der Waals surface area contributed by atoms with E-state index in [1.165, 1.54) is 14.2 Å². The van der Waals surface area contributed by atoms with Crippen LogP contribution in [0.15, 0.2) is 0 Å². The number of methoxy groups -OCH3 is 2. The van der Waals surface area contributed by atoms with Crippen molar-refractivity contribution in [3.05, 3.63) is 23.3 Å². The average Bonchev–Trinajstić information content (AvgIpc) is 2.44. The first kappa shape index (κ1) is 16.5. The third kappa shape index (κ3) is 3.73. The Bertz CT molecular complexity index is 384. The van der Waals surface area contributed by atoms with Crippen LogP contribution in [0, 0.1) is 23.3 Å². The van der Waals surface area contributed by atoms with Crippen LogP contribution in [0.2, 0.25) is 0 Å². The molecule has 0 unspecified atom stereocenters. The van der Waals surface area contributed by atoms with Crippen molar-refractivity contribution in [3.63, 3.8) is 0 Å². The van der Waals surface area contributed by atoms with E-state index in [1.807, 2.05) is 0 Å². The lowest BCUT2D eigenvalue weighted by Crippen LogP contribution is -2.12. The Hall–Kier alpha value is -1.54. The van der Waals surface area contributed by atoms with Gasteiger partial charge in [-0.05, 0) is 0 Å². The molecule has 0 bridgehead atoms. The van der Waals surface area contributed by atoms with E-state index < -0.39 is 34.8 Å². The molecule has 4 nitrogen and oxygen atoms in total. The maximum absolute atomic E-state index is 13.6. The summed E-state index contributed by atoms with van der Waals surface area (Å²) in [5, 5.41) is 0. The summed E-state index contributed by atoms with van der Waals surface area (Å²) < 4.78 is 72.7. The molecular formula is C12H14F4O4. The van der Waals surface area contributed by atoms with E-state index in [4.69, 9.17) is 0 Å². The van der Waals surface area contributed by atoms with Crippen molar-refractivity contribution in [2.45, 2.75) is 0 Å². The molecule has 0 fully saturated rings. The van der Waals surface area contributed by atoms with E-state index >= 15 is 0 Å². The maximum Gasteiger partial charge on any atom is 0.207 e. The summed E-state index contributed by atoms with van der Waals surface area (Å²) in [5.74, 6) is -8.92. The van der Waals surface area contributed by atoms with Gasteiger partial charge >= 0.3 is 0 Å². The molecule has 1 rings (SSSR count). The Morgan fingerprint density at radius 3 is 1.15 bits per heavy atom. The number of halogens is 4. The molecule has 20 heavy (non-hydrogen) atoms. The van der Waals surface area contributed by atoms with Crippen LogP contribution in [0.1, 0.15) is 0 Å². The molecule has 0 aliphatic rings. The number of benzene rings is 1. The molecule has 1 aromatic carbocycles. The molecule has 0 radical (unpaired) electrons. The predicted molar refractivity (Wildman–Crippen MR) is 61.0 cm³/mol. The van der Waals surface area contributed by atoms with Crippen LogP contribution >= 0.6 is 0 Å². The van der Waals surface area contributed by atoms with E-state index in [0.29, 0.717) is 0 Å². The molecule has 8 heteroatoms. The molecule has 0 aliphatic carbocycles. The van der Waals surface area contributed by atoms with Gasteiger partial charge in [0.1, 0.15) is 13.2 Å². The fraction of sp³-hybridized carbons (Fsp3) is 0.500. The largest absolute Gasteiger partial charge is 0.485 e. The summed E-state index contributed by atoms with van der Waals surface area (Å²) in [7, 11) is 2.67. The molecular weight excluding hydrogens is 284 g/mol. The van der Waals surface area contributed by atoms with Crippen molar-refractivity contribution in [1.82, 2.24) is 0 Å². The minimum absolute atomic E-state index is 0.00814. The van der Waals surface area contributed by atoms with E-state index in [0.717, 1.165) is 0 Å². The smallest absolute Gasteiger partial charge is 0.207 e. The van der Waals surface area contributed by atoms with Gasteiger partial charge in [0, 0.05) is 14.2 Å². The second kappa shape index (κ2) is 7.91. The van der Waals surface area contributed by atoms with Crippen molar-refractivity contribution < 1.29 is 36.5 Å². The highest BCUT2D eigenvalue weighted by atomic mass is 19.2. The molecule has 114 valence electrons. The van der Waals surface area contributed by atoms with Gasteiger partial charge in [0.15, 0.2) is 11.5 Å². The number of hydrogen-bond donors (Lipinski definition) is 0. The van der Waals surface area contributed by atoms with Gasteiger partial charge in [0.25, 0.3) is 0 Å². The second-order valence-electron chi connectivity index (χ2n) is 3.60. The van der Waals surface area contributed by atoms with E-state index in [2.05, 4.69) is 18.9 Å². The van der Waals surface area contributed by atoms with Crippen LogP contribution in [0.4, 0.5) is 17.6 Å². The highest BCUT2D eigenvalue weighted by Crippen LogP contribution is 2.34. The lowest BCUT2D eigenvalue weighted by molar-refractivity contribution is 0.132. The molecule has 0 heterocycles. The molecule has 0 spiro atoms. The van der Waals surface area contributed by atoms with E-state index in [-0.39, 0.29) is 26.4 Å². The Morgan fingerprint density at radius 1 is 0.600 bits per heavy atom. The van der Waals surface area contributed by atoms with Gasteiger partial charge in [0.05, 0.1) is 13.2 Å². The molecule has 0 aromatic heterocycles. The van der Waals surface area contributed by atoms with Crippen LogP contribution < -0.4 is 9.47 Å². The first-order chi connectivity index (χ1) is 9.54. The van der Waals surface area contributed by atoms with Crippen molar-refractivity contribution in [2.24, 2.45) is 0 Å². The molecule has 0 atom stereocenters. The third-order valence-electron chi connectivity index (χ3n) is 2.25. The predicted octanol–water partition coefficient (Wildman–Crippen LogP) is 2.29. The zero-order valence-electron chi connectivity index (χ0n) is 11.0. The molecule has 0 N–H and O–H groups in total. The lowest BCUT2D eigenvalue weighted by Gasteiger charge is -2.13. The fourth-order valence-corrected chi connectivity index (χ4v) is 1.30. The topological polar surface area (TPSA) is 36.9 Å². The minimum atomic E-state index is -1.66. The normalized spacial score (nSPS) is 10.7. The van der Waals surface area contributed by atoms with E-state index in [9.17, 15) is 17.6 Å². The van der Waals surface area contributed by atoms with Crippen LogP contribution in [0.5, 0.6) is 11.5 Å². The van der Waals surface area contributed by atoms with E-state index in [1.54, 1.807) is 0 Å². The first-order valence-electron chi connectivity index (χ1n) is 5.64. The minimum Gasteiger partial charge on any atom is -0.485 e. The Morgan fingerprint density at radius 2 is 0.900 bits per heavy atom. The summed E-state index contributed by atoms with van der Waals surface area (Å²) in [4.78, 5) is 0. The fourth-order valence-electron chi connectivity index (χ4n) is 1.30. The van der Waals surface area contributed by atoms with Gasteiger partial charge in [0.2, 0.25) is 23.3 Å². The van der Waals surface area contributed by atoms with Crippen molar-refractivity contribution in [1.29, 1.82) is 0 Å².